The van der Waals surface area contributed by atoms with Crippen LogP contribution >= 0.6 is 0 Å². The number of benzene rings is 2. The van der Waals surface area contributed by atoms with Crippen LogP contribution in [0.4, 0.5) is 18.9 Å². The maximum Gasteiger partial charge on any atom is 0.416 e. The Morgan fingerprint density at radius 1 is 1.00 bits per heavy atom. The van der Waals surface area contributed by atoms with Gasteiger partial charge >= 0.3 is 6.18 Å². The van der Waals surface area contributed by atoms with E-state index in [-0.39, 0.29) is 0 Å². The number of halogens is 3. The van der Waals surface area contributed by atoms with Crippen LogP contribution in [0, 0.1) is 6.92 Å². The molecular formula is C18H17F3N2. The van der Waals surface area contributed by atoms with Crippen molar-refractivity contribution in [3.05, 3.63) is 65.4 Å². The van der Waals surface area contributed by atoms with Crippen molar-refractivity contribution < 1.29 is 13.2 Å². The first kappa shape index (κ1) is 15.5. The summed E-state index contributed by atoms with van der Waals surface area (Å²) in [5.41, 5.74) is 3.53. The van der Waals surface area contributed by atoms with E-state index in [1.165, 1.54) is 23.1 Å². The summed E-state index contributed by atoms with van der Waals surface area (Å²) < 4.78 is 37.6. The molecule has 120 valence electrons. The summed E-state index contributed by atoms with van der Waals surface area (Å²) in [7, 11) is 0. The number of rotatable bonds is 4. The standard InChI is InChI=1S/C18H17F3N2/c1-12-15(16-4-2-3-5-17(16)23-12)10-11-22-14-8-6-13(7-9-14)18(19,20)21/h2-9,22-23H,10-11H2,1H3. The highest BCUT2D eigenvalue weighted by atomic mass is 19.4. The summed E-state index contributed by atoms with van der Waals surface area (Å²) in [6.45, 7) is 2.70. The largest absolute Gasteiger partial charge is 0.416 e. The van der Waals surface area contributed by atoms with Crippen molar-refractivity contribution in [1.29, 1.82) is 0 Å². The molecule has 0 bridgehead atoms. The number of H-pyrrole nitrogens is 1. The third kappa shape index (κ3) is 3.33. The number of aryl methyl sites for hydroxylation is 1. The summed E-state index contributed by atoms with van der Waals surface area (Å²) in [5, 5.41) is 4.37. The number of aromatic amines is 1. The fourth-order valence-electron chi connectivity index (χ4n) is 2.77. The second kappa shape index (κ2) is 5.99. The second-order valence-corrected chi connectivity index (χ2v) is 5.53. The van der Waals surface area contributed by atoms with Gasteiger partial charge in [0.05, 0.1) is 5.56 Å². The Morgan fingerprint density at radius 2 is 1.70 bits per heavy atom. The molecule has 5 heteroatoms. The molecule has 0 aliphatic heterocycles. The van der Waals surface area contributed by atoms with Crippen LogP contribution in [-0.2, 0) is 12.6 Å². The van der Waals surface area contributed by atoms with Crippen molar-refractivity contribution in [3.63, 3.8) is 0 Å². The molecule has 0 atom stereocenters. The zero-order valence-corrected chi connectivity index (χ0v) is 12.7. The van der Waals surface area contributed by atoms with Crippen molar-refractivity contribution in [3.8, 4) is 0 Å². The van der Waals surface area contributed by atoms with Gasteiger partial charge < -0.3 is 10.3 Å². The Hall–Kier alpha value is -2.43. The summed E-state index contributed by atoms with van der Waals surface area (Å²) in [6.07, 6.45) is -3.49. The summed E-state index contributed by atoms with van der Waals surface area (Å²) in [5.74, 6) is 0. The first-order valence-electron chi connectivity index (χ1n) is 7.42. The van der Waals surface area contributed by atoms with Gasteiger partial charge in [0.2, 0.25) is 0 Å². The lowest BCUT2D eigenvalue weighted by atomic mass is 10.1. The highest BCUT2D eigenvalue weighted by molar-refractivity contribution is 5.84. The number of fused-ring (bicyclic) bond motifs is 1. The molecule has 0 aliphatic rings. The van der Waals surface area contributed by atoms with E-state index < -0.39 is 11.7 Å². The minimum absolute atomic E-state index is 0.629. The van der Waals surface area contributed by atoms with Crippen LogP contribution in [-0.4, -0.2) is 11.5 Å². The third-order valence-electron chi connectivity index (χ3n) is 3.94. The predicted octanol–water partition coefficient (Wildman–Crippen LogP) is 5.15. The smallest absolute Gasteiger partial charge is 0.385 e. The lowest BCUT2D eigenvalue weighted by molar-refractivity contribution is -0.137. The first-order chi connectivity index (χ1) is 10.9. The average Bonchev–Trinajstić information content (AvgIpc) is 2.83. The van der Waals surface area contributed by atoms with Gasteiger partial charge in [-0.25, -0.2) is 0 Å². The molecule has 0 unspecified atom stereocenters. The molecule has 0 saturated carbocycles. The fraction of sp³-hybridized carbons (Fsp3) is 0.222. The molecule has 2 N–H and O–H groups in total. The van der Waals surface area contributed by atoms with Gasteiger partial charge in [0.25, 0.3) is 0 Å². The molecule has 0 aliphatic carbocycles. The summed E-state index contributed by atoms with van der Waals surface area (Å²) in [4.78, 5) is 3.35. The van der Waals surface area contributed by atoms with E-state index in [2.05, 4.69) is 16.4 Å². The normalized spacial score (nSPS) is 11.8. The number of aromatic nitrogens is 1. The van der Waals surface area contributed by atoms with Gasteiger partial charge in [0.15, 0.2) is 0 Å². The zero-order valence-electron chi connectivity index (χ0n) is 12.7. The molecule has 23 heavy (non-hydrogen) atoms. The molecule has 2 aromatic carbocycles. The third-order valence-corrected chi connectivity index (χ3v) is 3.94. The van der Waals surface area contributed by atoms with E-state index in [0.29, 0.717) is 12.2 Å². The van der Waals surface area contributed by atoms with Gasteiger partial charge in [-0.1, -0.05) is 18.2 Å². The van der Waals surface area contributed by atoms with Gasteiger partial charge in [-0.05, 0) is 49.2 Å². The lowest BCUT2D eigenvalue weighted by Gasteiger charge is -2.09. The highest BCUT2D eigenvalue weighted by Crippen LogP contribution is 2.30. The van der Waals surface area contributed by atoms with E-state index in [0.717, 1.165) is 29.8 Å². The van der Waals surface area contributed by atoms with Gasteiger partial charge in [0, 0.05) is 28.8 Å². The zero-order chi connectivity index (χ0) is 16.4. The van der Waals surface area contributed by atoms with Crippen LogP contribution in [0.25, 0.3) is 10.9 Å². The fourth-order valence-corrected chi connectivity index (χ4v) is 2.77. The number of hydrogen-bond acceptors (Lipinski definition) is 1. The molecule has 3 rings (SSSR count). The van der Waals surface area contributed by atoms with Crippen molar-refractivity contribution in [2.24, 2.45) is 0 Å². The first-order valence-corrected chi connectivity index (χ1v) is 7.42. The van der Waals surface area contributed by atoms with Crippen LogP contribution < -0.4 is 5.32 Å². The maximum atomic E-state index is 12.5. The molecular weight excluding hydrogens is 301 g/mol. The topological polar surface area (TPSA) is 27.8 Å². The molecule has 1 heterocycles. The Morgan fingerprint density at radius 3 is 2.39 bits per heavy atom. The van der Waals surface area contributed by atoms with Crippen molar-refractivity contribution >= 4 is 16.6 Å². The van der Waals surface area contributed by atoms with E-state index in [9.17, 15) is 13.2 Å². The van der Waals surface area contributed by atoms with Gasteiger partial charge in [-0.15, -0.1) is 0 Å². The minimum Gasteiger partial charge on any atom is -0.385 e. The van der Waals surface area contributed by atoms with Gasteiger partial charge in [0.1, 0.15) is 0 Å². The Bertz CT molecular complexity index is 801. The SMILES string of the molecule is Cc1[nH]c2ccccc2c1CCNc1ccc(C(F)(F)F)cc1. The average molecular weight is 318 g/mol. The van der Waals surface area contributed by atoms with Gasteiger partial charge in [-0.2, -0.15) is 13.2 Å². The van der Waals surface area contributed by atoms with Crippen molar-refractivity contribution in [2.75, 3.05) is 11.9 Å². The van der Waals surface area contributed by atoms with E-state index in [1.54, 1.807) is 0 Å². The number of nitrogens with one attached hydrogen (secondary N) is 2. The molecule has 2 nitrogen and oxygen atoms in total. The summed E-state index contributed by atoms with van der Waals surface area (Å²) >= 11 is 0. The molecule has 0 saturated heterocycles. The van der Waals surface area contributed by atoms with Crippen LogP contribution in [0.3, 0.4) is 0 Å². The Labute approximate surface area is 132 Å². The molecule has 3 aromatic rings. The predicted molar refractivity (Wildman–Crippen MR) is 86.7 cm³/mol. The summed E-state index contributed by atoms with van der Waals surface area (Å²) in [6, 6.07) is 13.2. The van der Waals surface area contributed by atoms with Crippen molar-refractivity contribution in [1.82, 2.24) is 4.98 Å². The molecule has 0 amide bonds. The minimum atomic E-state index is -4.29. The highest BCUT2D eigenvalue weighted by Gasteiger charge is 2.29. The van der Waals surface area contributed by atoms with E-state index in [1.807, 2.05) is 25.1 Å². The Kier molecular flexibility index (Phi) is 4.03. The molecule has 0 radical (unpaired) electrons. The quantitative estimate of drug-likeness (QED) is 0.684. The number of hydrogen-bond donors (Lipinski definition) is 2. The number of alkyl halides is 3. The van der Waals surface area contributed by atoms with Gasteiger partial charge in [-0.3, -0.25) is 0 Å². The van der Waals surface area contributed by atoms with Crippen LogP contribution in [0.5, 0.6) is 0 Å². The second-order valence-electron chi connectivity index (χ2n) is 5.53. The monoisotopic (exact) mass is 318 g/mol. The van der Waals surface area contributed by atoms with Crippen LogP contribution in [0.15, 0.2) is 48.5 Å². The van der Waals surface area contributed by atoms with E-state index in [4.69, 9.17) is 0 Å². The number of anilines is 1. The van der Waals surface area contributed by atoms with Crippen LogP contribution in [0.1, 0.15) is 16.8 Å². The molecule has 1 aromatic heterocycles. The maximum absolute atomic E-state index is 12.5. The van der Waals surface area contributed by atoms with Crippen molar-refractivity contribution in [2.45, 2.75) is 19.5 Å². The lowest BCUT2D eigenvalue weighted by Crippen LogP contribution is -2.07. The Balaban J connectivity index is 1.66. The van der Waals surface area contributed by atoms with Crippen LogP contribution in [0.2, 0.25) is 0 Å². The number of para-hydroxylation sites is 1. The molecule has 0 fully saturated rings. The van der Waals surface area contributed by atoms with E-state index >= 15 is 0 Å². The molecule has 0 spiro atoms.